The highest BCUT2D eigenvalue weighted by atomic mass is 19.1. The SMILES string of the molecule is Fc1ccc(C(c2ccc(F)cc2)N2CCN(CC=C3CCc4ccccc43)CC2)cc1. The lowest BCUT2D eigenvalue weighted by Crippen LogP contribution is -2.47. The summed E-state index contributed by atoms with van der Waals surface area (Å²) in [7, 11) is 0. The summed E-state index contributed by atoms with van der Waals surface area (Å²) in [5, 5.41) is 0. The summed E-state index contributed by atoms with van der Waals surface area (Å²) in [6.07, 6.45) is 4.68. The van der Waals surface area contributed by atoms with Crippen LogP contribution in [0.1, 0.15) is 34.7 Å². The molecule has 164 valence electrons. The van der Waals surface area contributed by atoms with Crippen LogP contribution in [0.3, 0.4) is 0 Å². The van der Waals surface area contributed by atoms with Gasteiger partial charge >= 0.3 is 0 Å². The normalized spacial score (nSPS) is 18.4. The van der Waals surface area contributed by atoms with Gasteiger partial charge in [-0.15, -0.1) is 0 Å². The average Bonchev–Trinajstić information content (AvgIpc) is 3.24. The Bertz CT molecular complexity index is 1040. The minimum Gasteiger partial charge on any atom is -0.297 e. The fourth-order valence-electron chi connectivity index (χ4n) is 5.02. The van der Waals surface area contributed by atoms with E-state index < -0.39 is 0 Å². The minimum atomic E-state index is -0.238. The third kappa shape index (κ3) is 4.52. The van der Waals surface area contributed by atoms with E-state index in [2.05, 4.69) is 40.1 Å². The van der Waals surface area contributed by atoms with Crippen molar-refractivity contribution in [3.63, 3.8) is 0 Å². The molecule has 3 aromatic rings. The molecule has 0 aromatic heterocycles. The molecule has 1 heterocycles. The highest BCUT2D eigenvalue weighted by Gasteiger charge is 2.26. The highest BCUT2D eigenvalue weighted by molar-refractivity contribution is 5.72. The van der Waals surface area contributed by atoms with E-state index in [-0.39, 0.29) is 17.7 Å². The van der Waals surface area contributed by atoms with Gasteiger partial charge in [0.25, 0.3) is 0 Å². The molecule has 1 aliphatic carbocycles. The lowest BCUT2D eigenvalue weighted by atomic mass is 9.96. The number of piperazine rings is 1. The molecule has 0 N–H and O–H groups in total. The summed E-state index contributed by atoms with van der Waals surface area (Å²) < 4.78 is 27.1. The molecule has 0 spiro atoms. The molecule has 0 bridgehead atoms. The van der Waals surface area contributed by atoms with Gasteiger partial charge in [0.05, 0.1) is 6.04 Å². The second-order valence-electron chi connectivity index (χ2n) is 8.73. The van der Waals surface area contributed by atoms with Crippen molar-refractivity contribution < 1.29 is 8.78 Å². The third-order valence-corrected chi connectivity index (χ3v) is 6.77. The van der Waals surface area contributed by atoms with Crippen LogP contribution >= 0.6 is 0 Å². The Kier molecular flexibility index (Phi) is 6.15. The van der Waals surface area contributed by atoms with Crippen molar-refractivity contribution in [2.45, 2.75) is 18.9 Å². The zero-order valence-electron chi connectivity index (χ0n) is 18.2. The van der Waals surface area contributed by atoms with Crippen molar-refractivity contribution in [2.75, 3.05) is 32.7 Å². The van der Waals surface area contributed by atoms with Gasteiger partial charge in [0.2, 0.25) is 0 Å². The first-order chi connectivity index (χ1) is 15.7. The molecule has 3 aromatic carbocycles. The molecule has 0 unspecified atom stereocenters. The highest BCUT2D eigenvalue weighted by Crippen LogP contribution is 2.32. The summed E-state index contributed by atoms with van der Waals surface area (Å²) in [6, 6.07) is 22.1. The van der Waals surface area contributed by atoms with Crippen molar-refractivity contribution in [1.29, 1.82) is 0 Å². The standard InChI is InChI=1S/C28H28F2N2/c29-25-11-7-23(8-12-25)28(24-9-13-26(30)14-10-24)32-19-17-31(18-20-32)16-15-22-6-5-21-3-1-2-4-27(21)22/h1-4,7-15,28H,5-6,16-20H2. The number of fused-ring (bicyclic) bond motifs is 1. The molecule has 0 radical (unpaired) electrons. The molecular weight excluding hydrogens is 402 g/mol. The number of nitrogens with zero attached hydrogens (tertiary/aromatic N) is 2. The van der Waals surface area contributed by atoms with Gasteiger partial charge in [-0.1, -0.05) is 54.6 Å². The predicted molar refractivity (Wildman–Crippen MR) is 125 cm³/mol. The second kappa shape index (κ2) is 9.35. The number of halogens is 2. The number of aryl methyl sites for hydroxylation is 1. The van der Waals surface area contributed by atoms with Crippen LogP contribution in [-0.4, -0.2) is 42.5 Å². The lowest BCUT2D eigenvalue weighted by molar-refractivity contribution is 0.117. The molecule has 5 rings (SSSR count). The molecule has 32 heavy (non-hydrogen) atoms. The van der Waals surface area contributed by atoms with Crippen LogP contribution in [-0.2, 0) is 6.42 Å². The lowest BCUT2D eigenvalue weighted by Gasteiger charge is -2.39. The zero-order valence-corrected chi connectivity index (χ0v) is 18.2. The molecule has 1 fully saturated rings. The maximum Gasteiger partial charge on any atom is 0.123 e. The van der Waals surface area contributed by atoms with Gasteiger partial charge in [-0.25, -0.2) is 8.78 Å². The minimum absolute atomic E-state index is 0.00147. The van der Waals surface area contributed by atoms with Crippen molar-refractivity contribution >= 4 is 5.57 Å². The van der Waals surface area contributed by atoms with Gasteiger partial charge in [0.15, 0.2) is 0 Å². The summed E-state index contributed by atoms with van der Waals surface area (Å²) >= 11 is 0. The second-order valence-corrected chi connectivity index (χ2v) is 8.73. The van der Waals surface area contributed by atoms with Crippen LogP contribution in [0.2, 0.25) is 0 Å². The van der Waals surface area contributed by atoms with E-state index in [0.29, 0.717) is 0 Å². The topological polar surface area (TPSA) is 6.48 Å². The first-order valence-electron chi connectivity index (χ1n) is 11.4. The Morgan fingerprint density at radius 2 is 1.31 bits per heavy atom. The van der Waals surface area contributed by atoms with Gasteiger partial charge in [-0.2, -0.15) is 0 Å². The smallest absolute Gasteiger partial charge is 0.123 e. The van der Waals surface area contributed by atoms with Crippen LogP contribution in [0.25, 0.3) is 5.57 Å². The largest absolute Gasteiger partial charge is 0.297 e. The van der Waals surface area contributed by atoms with E-state index in [1.165, 1.54) is 41.0 Å². The van der Waals surface area contributed by atoms with Gasteiger partial charge in [-0.05, 0) is 64.9 Å². The maximum absolute atomic E-state index is 13.5. The van der Waals surface area contributed by atoms with Crippen molar-refractivity contribution in [2.24, 2.45) is 0 Å². The van der Waals surface area contributed by atoms with Gasteiger partial charge in [0.1, 0.15) is 11.6 Å². The van der Waals surface area contributed by atoms with E-state index in [9.17, 15) is 8.78 Å². The molecular formula is C28H28F2N2. The van der Waals surface area contributed by atoms with Crippen molar-refractivity contribution in [3.05, 3.63) is 113 Å². The fourth-order valence-corrected chi connectivity index (χ4v) is 5.02. The summed E-state index contributed by atoms with van der Waals surface area (Å²) in [5.74, 6) is -0.476. The molecule has 0 atom stereocenters. The van der Waals surface area contributed by atoms with E-state index in [1.807, 2.05) is 24.3 Å². The molecule has 0 amide bonds. The molecule has 0 saturated carbocycles. The summed E-state index contributed by atoms with van der Waals surface area (Å²) in [5.41, 5.74) is 6.43. The van der Waals surface area contributed by atoms with Crippen LogP contribution in [0, 0.1) is 11.6 Å². The molecule has 1 aliphatic heterocycles. The van der Waals surface area contributed by atoms with Crippen molar-refractivity contribution in [3.8, 4) is 0 Å². The van der Waals surface area contributed by atoms with Gasteiger partial charge in [-0.3, -0.25) is 9.80 Å². The van der Waals surface area contributed by atoms with E-state index in [0.717, 1.165) is 56.7 Å². The first kappa shape index (κ1) is 21.0. The Morgan fingerprint density at radius 3 is 1.94 bits per heavy atom. The monoisotopic (exact) mass is 430 g/mol. The maximum atomic E-state index is 13.5. The fraction of sp³-hybridized carbons (Fsp3) is 0.286. The van der Waals surface area contributed by atoms with E-state index in [1.54, 1.807) is 0 Å². The quantitative estimate of drug-likeness (QED) is 0.512. The van der Waals surface area contributed by atoms with E-state index >= 15 is 0 Å². The number of allylic oxidation sites excluding steroid dienone is 1. The molecule has 4 heteroatoms. The Hall–Kier alpha value is -2.82. The number of hydrogen-bond donors (Lipinski definition) is 0. The van der Waals surface area contributed by atoms with E-state index in [4.69, 9.17) is 0 Å². The van der Waals surface area contributed by atoms with Gasteiger partial charge < -0.3 is 0 Å². The average molecular weight is 431 g/mol. The van der Waals surface area contributed by atoms with Gasteiger partial charge in [0, 0.05) is 32.7 Å². The molecule has 2 nitrogen and oxygen atoms in total. The van der Waals surface area contributed by atoms with Crippen LogP contribution in [0.15, 0.2) is 78.9 Å². The number of benzene rings is 3. The third-order valence-electron chi connectivity index (χ3n) is 6.77. The molecule has 1 saturated heterocycles. The first-order valence-corrected chi connectivity index (χ1v) is 11.4. The predicted octanol–water partition coefficient (Wildman–Crippen LogP) is 5.70. The van der Waals surface area contributed by atoms with Crippen LogP contribution < -0.4 is 0 Å². The Morgan fingerprint density at radius 1 is 0.719 bits per heavy atom. The Balaban J connectivity index is 1.28. The van der Waals surface area contributed by atoms with Crippen molar-refractivity contribution in [1.82, 2.24) is 9.80 Å². The summed E-state index contributed by atoms with van der Waals surface area (Å²) in [4.78, 5) is 4.92. The van der Waals surface area contributed by atoms with Crippen LogP contribution in [0.5, 0.6) is 0 Å². The Labute approximate surface area is 188 Å². The number of hydrogen-bond acceptors (Lipinski definition) is 2. The molecule has 2 aliphatic rings. The number of rotatable bonds is 5. The van der Waals surface area contributed by atoms with Crippen LogP contribution in [0.4, 0.5) is 8.78 Å². The summed E-state index contributed by atoms with van der Waals surface area (Å²) in [6.45, 7) is 4.75. The zero-order chi connectivity index (χ0) is 21.9.